The van der Waals surface area contributed by atoms with Crippen molar-refractivity contribution < 1.29 is 14.3 Å². The van der Waals surface area contributed by atoms with Crippen LogP contribution < -0.4 is 20.5 Å². The zero-order valence-electron chi connectivity index (χ0n) is 11.5. The lowest BCUT2D eigenvalue weighted by Gasteiger charge is -2.29. The van der Waals surface area contributed by atoms with Gasteiger partial charge in [-0.3, -0.25) is 4.79 Å². The second-order valence-electron chi connectivity index (χ2n) is 5.50. The van der Waals surface area contributed by atoms with Crippen LogP contribution in [0.3, 0.4) is 0 Å². The Bertz CT molecular complexity index is 510. The number of fused-ring (bicyclic) bond motifs is 1. The number of carbonyl (C=O) groups excluding carboxylic acids is 1. The van der Waals surface area contributed by atoms with Crippen LogP contribution in [-0.2, 0) is 0 Å². The zero-order chi connectivity index (χ0) is 14.0. The van der Waals surface area contributed by atoms with Gasteiger partial charge in [0.15, 0.2) is 11.5 Å². The summed E-state index contributed by atoms with van der Waals surface area (Å²) in [6.07, 6.45) is 4.16. The predicted molar refractivity (Wildman–Crippen MR) is 75.2 cm³/mol. The minimum atomic E-state index is -0.232. The highest BCUT2D eigenvalue weighted by Crippen LogP contribution is 2.32. The van der Waals surface area contributed by atoms with Crippen LogP contribution in [0.25, 0.3) is 0 Å². The van der Waals surface area contributed by atoms with Crippen LogP contribution in [0, 0.1) is 0 Å². The first-order chi connectivity index (χ1) is 9.72. The maximum atomic E-state index is 12.4. The molecule has 1 aliphatic carbocycles. The molecule has 5 heteroatoms. The highest BCUT2D eigenvalue weighted by molar-refractivity contribution is 5.95. The van der Waals surface area contributed by atoms with Crippen molar-refractivity contribution in [2.45, 2.75) is 31.2 Å². The van der Waals surface area contributed by atoms with E-state index in [1.165, 1.54) is 0 Å². The average Bonchev–Trinajstić information content (AvgIpc) is 2.96. The van der Waals surface area contributed by atoms with Crippen molar-refractivity contribution in [3.05, 3.63) is 23.8 Å². The summed E-state index contributed by atoms with van der Waals surface area (Å²) in [4.78, 5) is 12.4. The van der Waals surface area contributed by atoms with Crippen molar-refractivity contribution >= 4 is 5.91 Å². The molecular weight excluding hydrogens is 256 g/mol. The molecular formula is C15H20N2O3. The Morgan fingerprint density at radius 3 is 2.60 bits per heavy atom. The summed E-state index contributed by atoms with van der Waals surface area (Å²) < 4.78 is 11.0. The fourth-order valence-electron chi connectivity index (χ4n) is 2.93. The first-order valence-electron chi connectivity index (χ1n) is 7.15. The van der Waals surface area contributed by atoms with E-state index in [1.807, 2.05) is 0 Å². The standard InChI is InChI=1S/C15H20N2O3/c16-10-15(5-1-2-6-15)17-14(18)11-3-4-12-13(9-11)20-8-7-19-12/h3-4,9H,1-2,5-8,10,16H2,(H,17,18). The van der Waals surface area contributed by atoms with E-state index in [9.17, 15) is 4.79 Å². The molecule has 3 N–H and O–H groups in total. The molecule has 1 aromatic rings. The van der Waals surface area contributed by atoms with Gasteiger partial charge in [-0.1, -0.05) is 12.8 Å². The Morgan fingerprint density at radius 2 is 1.90 bits per heavy atom. The van der Waals surface area contributed by atoms with Crippen molar-refractivity contribution in [2.24, 2.45) is 5.73 Å². The van der Waals surface area contributed by atoms with E-state index in [-0.39, 0.29) is 11.4 Å². The van der Waals surface area contributed by atoms with Gasteiger partial charge in [-0.15, -0.1) is 0 Å². The van der Waals surface area contributed by atoms with E-state index in [0.717, 1.165) is 25.7 Å². The summed E-state index contributed by atoms with van der Waals surface area (Å²) in [5, 5.41) is 3.10. The summed E-state index contributed by atoms with van der Waals surface area (Å²) in [6, 6.07) is 5.29. The molecule has 5 nitrogen and oxygen atoms in total. The molecule has 0 spiro atoms. The van der Waals surface area contributed by atoms with Crippen LogP contribution >= 0.6 is 0 Å². The molecule has 20 heavy (non-hydrogen) atoms. The molecule has 0 atom stereocenters. The number of nitrogens with two attached hydrogens (primary N) is 1. The Morgan fingerprint density at radius 1 is 1.20 bits per heavy atom. The van der Waals surface area contributed by atoms with Gasteiger partial charge in [-0.25, -0.2) is 0 Å². The van der Waals surface area contributed by atoms with Crippen LogP contribution in [0.5, 0.6) is 11.5 Å². The van der Waals surface area contributed by atoms with Gasteiger partial charge in [0.05, 0.1) is 5.54 Å². The van der Waals surface area contributed by atoms with Gasteiger partial charge in [0.2, 0.25) is 0 Å². The molecule has 108 valence electrons. The summed E-state index contributed by atoms with van der Waals surface area (Å²) in [5.74, 6) is 1.24. The molecule has 0 saturated heterocycles. The monoisotopic (exact) mass is 276 g/mol. The molecule has 0 aromatic heterocycles. The minimum Gasteiger partial charge on any atom is -0.486 e. The van der Waals surface area contributed by atoms with Gasteiger partial charge in [-0.2, -0.15) is 0 Å². The minimum absolute atomic E-state index is 0.0886. The summed E-state index contributed by atoms with van der Waals surface area (Å²) in [5.41, 5.74) is 6.21. The molecule has 0 unspecified atom stereocenters. The highest BCUT2D eigenvalue weighted by Gasteiger charge is 2.34. The Balaban J connectivity index is 1.77. The lowest BCUT2D eigenvalue weighted by Crippen LogP contribution is -2.51. The second kappa shape index (κ2) is 5.32. The Hall–Kier alpha value is -1.75. The third kappa shape index (κ3) is 2.45. The maximum Gasteiger partial charge on any atom is 0.251 e. The van der Waals surface area contributed by atoms with Crippen LogP contribution in [0.4, 0.5) is 0 Å². The lowest BCUT2D eigenvalue weighted by atomic mass is 9.97. The van der Waals surface area contributed by atoms with Crippen LogP contribution in [0.15, 0.2) is 18.2 Å². The Labute approximate surface area is 118 Å². The first kappa shape index (κ1) is 13.2. The normalized spacial score (nSPS) is 19.6. The summed E-state index contributed by atoms with van der Waals surface area (Å²) in [6.45, 7) is 1.56. The van der Waals surface area contributed by atoms with Crippen molar-refractivity contribution in [1.82, 2.24) is 5.32 Å². The predicted octanol–water partition coefficient (Wildman–Crippen LogP) is 1.46. The number of hydrogen-bond donors (Lipinski definition) is 2. The average molecular weight is 276 g/mol. The number of nitrogens with one attached hydrogen (secondary N) is 1. The van der Waals surface area contributed by atoms with E-state index < -0.39 is 0 Å². The lowest BCUT2D eigenvalue weighted by molar-refractivity contribution is 0.0902. The molecule has 1 amide bonds. The SMILES string of the molecule is NCC1(NC(=O)c2ccc3c(c2)OCCO3)CCCC1. The quantitative estimate of drug-likeness (QED) is 0.876. The van der Waals surface area contributed by atoms with E-state index in [1.54, 1.807) is 18.2 Å². The zero-order valence-corrected chi connectivity index (χ0v) is 11.5. The molecule has 2 aliphatic rings. The van der Waals surface area contributed by atoms with Gasteiger partial charge in [0.25, 0.3) is 5.91 Å². The fraction of sp³-hybridized carbons (Fsp3) is 0.533. The van der Waals surface area contributed by atoms with Gasteiger partial charge < -0.3 is 20.5 Å². The highest BCUT2D eigenvalue weighted by atomic mass is 16.6. The molecule has 1 heterocycles. The van der Waals surface area contributed by atoms with E-state index in [4.69, 9.17) is 15.2 Å². The second-order valence-corrected chi connectivity index (χ2v) is 5.50. The largest absolute Gasteiger partial charge is 0.486 e. The number of carbonyl (C=O) groups is 1. The molecule has 1 fully saturated rings. The third-order valence-corrected chi connectivity index (χ3v) is 4.13. The Kier molecular flexibility index (Phi) is 3.53. The van der Waals surface area contributed by atoms with Crippen molar-refractivity contribution in [3.63, 3.8) is 0 Å². The van der Waals surface area contributed by atoms with Crippen molar-refractivity contribution in [3.8, 4) is 11.5 Å². The van der Waals surface area contributed by atoms with E-state index >= 15 is 0 Å². The van der Waals surface area contributed by atoms with E-state index in [2.05, 4.69) is 5.32 Å². The smallest absolute Gasteiger partial charge is 0.251 e. The van der Waals surface area contributed by atoms with Crippen molar-refractivity contribution in [2.75, 3.05) is 19.8 Å². The van der Waals surface area contributed by atoms with Crippen LogP contribution in [0.1, 0.15) is 36.0 Å². The fourth-order valence-corrected chi connectivity index (χ4v) is 2.93. The summed E-state index contributed by atoms with van der Waals surface area (Å²) in [7, 11) is 0. The van der Waals surface area contributed by atoms with Gasteiger partial charge in [-0.05, 0) is 31.0 Å². The number of benzene rings is 1. The van der Waals surface area contributed by atoms with Gasteiger partial charge >= 0.3 is 0 Å². The molecule has 0 bridgehead atoms. The molecule has 3 rings (SSSR count). The number of hydrogen-bond acceptors (Lipinski definition) is 4. The summed E-state index contributed by atoms with van der Waals surface area (Å²) >= 11 is 0. The van der Waals surface area contributed by atoms with Crippen molar-refractivity contribution in [1.29, 1.82) is 0 Å². The van der Waals surface area contributed by atoms with Gasteiger partial charge in [0, 0.05) is 12.1 Å². The third-order valence-electron chi connectivity index (χ3n) is 4.13. The maximum absolute atomic E-state index is 12.4. The number of ether oxygens (including phenoxy) is 2. The van der Waals surface area contributed by atoms with Crippen LogP contribution in [-0.4, -0.2) is 31.2 Å². The topological polar surface area (TPSA) is 73.6 Å². The number of amides is 1. The molecule has 1 aliphatic heterocycles. The van der Waals surface area contributed by atoms with E-state index in [0.29, 0.717) is 36.8 Å². The van der Waals surface area contributed by atoms with Gasteiger partial charge in [0.1, 0.15) is 13.2 Å². The number of rotatable bonds is 3. The molecule has 1 saturated carbocycles. The molecule has 1 aromatic carbocycles. The molecule has 0 radical (unpaired) electrons. The van der Waals surface area contributed by atoms with Crippen LogP contribution in [0.2, 0.25) is 0 Å². The first-order valence-corrected chi connectivity index (χ1v) is 7.15.